The summed E-state index contributed by atoms with van der Waals surface area (Å²) in [4.78, 5) is 11.0. The number of hydrogen-bond acceptors (Lipinski definition) is 3. The summed E-state index contributed by atoms with van der Waals surface area (Å²) in [7, 11) is 0. The Morgan fingerprint density at radius 1 is 1.38 bits per heavy atom. The van der Waals surface area contributed by atoms with Crippen molar-refractivity contribution in [3.05, 3.63) is 41.5 Å². The van der Waals surface area contributed by atoms with Gasteiger partial charge in [-0.05, 0) is 31.2 Å². The second kappa shape index (κ2) is 3.73. The summed E-state index contributed by atoms with van der Waals surface area (Å²) in [6.07, 6.45) is 0. The summed E-state index contributed by atoms with van der Waals surface area (Å²) in [6, 6.07) is 5.70. The van der Waals surface area contributed by atoms with E-state index in [2.05, 4.69) is 10.3 Å². The molecule has 1 aromatic heterocycles. The third kappa shape index (κ3) is 1.65. The number of carbonyl (C=O) groups is 1. The van der Waals surface area contributed by atoms with Gasteiger partial charge in [0, 0.05) is 0 Å². The topological polar surface area (TPSA) is 73.8 Å². The first-order valence-electron chi connectivity index (χ1n) is 4.57. The van der Waals surface area contributed by atoms with E-state index in [0.717, 1.165) is 0 Å². The summed E-state index contributed by atoms with van der Waals surface area (Å²) >= 11 is 0. The van der Waals surface area contributed by atoms with Crippen molar-refractivity contribution in [3.63, 3.8) is 0 Å². The van der Waals surface area contributed by atoms with Crippen molar-refractivity contribution in [2.24, 2.45) is 5.73 Å². The molecule has 5 nitrogen and oxygen atoms in total. The van der Waals surface area contributed by atoms with Gasteiger partial charge in [0.25, 0.3) is 5.91 Å². The van der Waals surface area contributed by atoms with Gasteiger partial charge in [0.05, 0.1) is 11.4 Å². The highest BCUT2D eigenvalue weighted by atomic mass is 19.1. The molecule has 0 saturated heterocycles. The Balaban J connectivity index is 2.49. The number of hydrogen-bond donors (Lipinski definition) is 1. The molecule has 0 unspecified atom stereocenters. The smallest absolute Gasteiger partial charge is 0.271 e. The molecule has 1 amide bonds. The Morgan fingerprint density at radius 3 is 2.50 bits per heavy atom. The number of nitrogens with zero attached hydrogens (tertiary/aromatic N) is 3. The van der Waals surface area contributed by atoms with Gasteiger partial charge in [-0.1, -0.05) is 5.21 Å². The van der Waals surface area contributed by atoms with Crippen LogP contribution in [0, 0.1) is 12.7 Å². The van der Waals surface area contributed by atoms with Gasteiger partial charge in [0.15, 0.2) is 5.69 Å². The average Bonchev–Trinajstić information content (AvgIpc) is 2.61. The zero-order valence-electron chi connectivity index (χ0n) is 8.51. The van der Waals surface area contributed by atoms with Crippen molar-refractivity contribution < 1.29 is 9.18 Å². The van der Waals surface area contributed by atoms with Crippen LogP contribution in [0.2, 0.25) is 0 Å². The monoisotopic (exact) mass is 220 g/mol. The predicted molar refractivity (Wildman–Crippen MR) is 54.6 cm³/mol. The fraction of sp³-hybridized carbons (Fsp3) is 0.100. The maximum absolute atomic E-state index is 12.7. The van der Waals surface area contributed by atoms with E-state index in [0.29, 0.717) is 11.4 Å². The molecule has 0 radical (unpaired) electrons. The summed E-state index contributed by atoms with van der Waals surface area (Å²) in [5.74, 6) is -0.970. The fourth-order valence-corrected chi connectivity index (χ4v) is 1.38. The van der Waals surface area contributed by atoms with Crippen LogP contribution in [0.25, 0.3) is 5.69 Å². The van der Waals surface area contributed by atoms with Crippen molar-refractivity contribution >= 4 is 5.91 Å². The molecule has 2 aromatic rings. The molecule has 0 aliphatic rings. The third-order valence-corrected chi connectivity index (χ3v) is 2.20. The highest BCUT2D eigenvalue weighted by Crippen LogP contribution is 2.12. The minimum atomic E-state index is -0.633. The molecule has 0 saturated carbocycles. The first kappa shape index (κ1) is 10.3. The Kier molecular flexibility index (Phi) is 2.40. The van der Waals surface area contributed by atoms with Crippen LogP contribution in [0.4, 0.5) is 4.39 Å². The Hall–Kier alpha value is -2.24. The summed E-state index contributed by atoms with van der Waals surface area (Å²) in [6.45, 7) is 1.67. The fourth-order valence-electron chi connectivity index (χ4n) is 1.38. The number of carbonyl (C=O) groups excluding carboxylic acids is 1. The molecule has 0 aliphatic heterocycles. The van der Waals surface area contributed by atoms with Gasteiger partial charge in [-0.15, -0.1) is 5.10 Å². The van der Waals surface area contributed by atoms with Gasteiger partial charge in [-0.3, -0.25) is 4.79 Å². The molecule has 2 N–H and O–H groups in total. The van der Waals surface area contributed by atoms with E-state index in [9.17, 15) is 9.18 Å². The molecule has 0 fully saturated rings. The predicted octanol–water partition coefficient (Wildman–Crippen LogP) is 0.814. The van der Waals surface area contributed by atoms with Crippen LogP contribution in [0.5, 0.6) is 0 Å². The van der Waals surface area contributed by atoms with E-state index in [4.69, 9.17) is 5.73 Å². The molecule has 1 heterocycles. The number of amides is 1. The van der Waals surface area contributed by atoms with E-state index in [1.165, 1.54) is 16.8 Å². The molecule has 82 valence electrons. The van der Waals surface area contributed by atoms with E-state index >= 15 is 0 Å². The molecule has 1 aromatic carbocycles. The first-order valence-corrected chi connectivity index (χ1v) is 4.57. The van der Waals surface area contributed by atoms with Crippen LogP contribution < -0.4 is 5.73 Å². The Labute approximate surface area is 90.7 Å². The van der Waals surface area contributed by atoms with Crippen LogP contribution in [-0.2, 0) is 0 Å². The Morgan fingerprint density at radius 2 is 2.00 bits per heavy atom. The second-order valence-corrected chi connectivity index (χ2v) is 3.28. The van der Waals surface area contributed by atoms with Gasteiger partial charge in [0.1, 0.15) is 5.82 Å². The molecule has 0 atom stereocenters. The largest absolute Gasteiger partial charge is 0.364 e. The van der Waals surface area contributed by atoms with Gasteiger partial charge in [-0.2, -0.15) is 0 Å². The van der Waals surface area contributed by atoms with Gasteiger partial charge < -0.3 is 5.73 Å². The normalized spacial score (nSPS) is 10.4. The molecule has 6 heteroatoms. The molecule has 0 aliphatic carbocycles. The maximum atomic E-state index is 12.7. The zero-order chi connectivity index (χ0) is 11.7. The molecule has 0 bridgehead atoms. The number of primary amides is 1. The lowest BCUT2D eigenvalue weighted by molar-refractivity contribution is 0.0995. The van der Waals surface area contributed by atoms with Crippen LogP contribution in [-0.4, -0.2) is 20.9 Å². The third-order valence-electron chi connectivity index (χ3n) is 2.20. The minimum Gasteiger partial charge on any atom is -0.364 e. The van der Waals surface area contributed by atoms with Crippen LogP contribution in [0.15, 0.2) is 24.3 Å². The molecular weight excluding hydrogens is 211 g/mol. The van der Waals surface area contributed by atoms with E-state index in [-0.39, 0.29) is 11.5 Å². The SMILES string of the molecule is Cc1c(C(N)=O)nnn1-c1ccc(F)cc1. The molecule has 2 rings (SSSR count). The number of nitrogens with two attached hydrogens (primary N) is 1. The highest BCUT2D eigenvalue weighted by molar-refractivity contribution is 5.91. The highest BCUT2D eigenvalue weighted by Gasteiger charge is 2.14. The average molecular weight is 220 g/mol. The van der Waals surface area contributed by atoms with Crippen LogP contribution >= 0.6 is 0 Å². The van der Waals surface area contributed by atoms with Gasteiger partial charge in [0.2, 0.25) is 0 Å². The van der Waals surface area contributed by atoms with Crippen molar-refractivity contribution in [3.8, 4) is 5.69 Å². The Bertz CT molecular complexity index is 532. The number of rotatable bonds is 2. The summed E-state index contributed by atoms with van der Waals surface area (Å²) in [5, 5.41) is 7.44. The van der Waals surface area contributed by atoms with Gasteiger partial charge in [-0.25, -0.2) is 9.07 Å². The lowest BCUT2D eigenvalue weighted by Gasteiger charge is -2.02. The number of aromatic nitrogens is 3. The van der Waals surface area contributed by atoms with Crippen molar-refractivity contribution in [2.45, 2.75) is 6.92 Å². The van der Waals surface area contributed by atoms with Crippen LogP contribution in [0.3, 0.4) is 0 Å². The van der Waals surface area contributed by atoms with Crippen molar-refractivity contribution in [1.82, 2.24) is 15.0 Å². The first-order chi connectivity index (χ1) is 7.59. The molecule has 16 heavy (non-hydrogen) atoms. The standard InChI is InChI=1S/C10H9FN4O/c1-6-9(10(12)16)13-14-15(6)8-4-2-7(11)3-5-8/h2-5H,1H3,(H2,12,16). The summed E-state index contributed by atoms with van der Waals surface area (Å²) < 4.78 is 14.1. The van der Waals surface area contributed by atoms with E-state index < -0.39 is 5.91 Å². The number of halogens is 1. The zero-order valence-corrected chi connectivity index (χ0v) is 8.51. The lowest BCUT2D eigenvalue weighted by atomic mass is 10.3. The van der Waals surface area contributed by atoms with E-state index in [1.807, 2.05) is 0 Å². The second-order valence-electron chi connectivity index (χ2n) is 3.28. The van der Waals surface area contributed by atoms with Gasteiger partial charge >= 0.3 is 0 Å². The van der Waals surface area contributed by atoms with Crippen LogP contribution in [0.1, 0.15) is 16.2 Å². The quantitative estimate of drug-likeness (QED) is 0.813. The summed E-state index contributed by atoms with van der Waals surface area (Å²) in [5.41, 5.74) is 6.38. The van der Waals surface area contributed by atoms with E-state index in [1.54, 1.807) is 19.1 Å². The molecular formula is C10H9FN4O. The minimum absolute atomic E-state index is 0.115. The number of benzene rings is 1. The van der Waals surface area contributed by atoms with Crippen molar-refractivity contribution in [1.29, 1.82) is 0 Å². The molecule has 0 spiro atoms. The van der Waals surface area contributed by atoms with Crippen molar-refractivity contribution in [2.75, 3.05) is 0 Å². The maximum Gasteiger partial charge on any atom is 0.271 e. The lowest BCUT2D eigenvalue weighted by Crippen LogP contribution is -2.13.